The van der Waals surface area contributed by atoms with Crippen molar-refractivity contribution in [3.05, 3.63) is 58.2 Å². The Morgan fingerprint density at radius 3 is 2.79 bits per heavy atom. The molecule has 1 aromatic carbocycles. The maximum absolute atomic E-state index is 13.9. The van der Waals surface area contributed by atoms with E-state index < -0.39 is 28.5 Å². The summed E-state index contributed by atoms with van der Waals surface area (Å²) in [4.78, 5) is 26.6. The molecule has 0 saturated carbocycles. The summed E-state index contributed by atoms with van der Waals surface area (Å²) >= 11 is 0. The standard InChI is InChI=1S/C21H25FN6O5/c1-13(25-18-7-9-27-19(26-18)16(12-24-27)28(30)31)15-11-14(22)5-6-17(15)32-10-8-23-20(29)33-21(2,3)4/h5-7,9,11-13H,8,10H2,1-4H3,(H,23,29)(H,25,26). The van der Waals surface area contributed by atoms with E-state index in [-0.39, 0.29) is 24.5 Å². The van der Waals surface area contributed by atoms with Crippen LogP contribution in [0.2, 0.25) is 0 Å². The molecule has 2 aromatic heterocycles. The molecule has 12 heteroatoms. The number of carbonyl (C=O) groups excluding carboxylic acids is 1. The van der Waals surface area contributed by atoms with Crippen LogP contribution in [0.15, 0.2) is 36.7 Å². The average molecular weight is 460 g/mol. The molecule has 1 unspecified atom stereocenters. The minimum atomic E-state index is -0.607. The summed E-state index contributed by atoms with van der Waals surface area (Å²) in [7, 11) is 0. The molecule has 0 aliphatic rings. The molecule has 2 heterocycles. The van der Waals surface area contributed by atoms with E-state index in [4.69, 9.17) is 9.47 Å². The second-order valence-electron chi connectivity index (χ2n) is 8.19. The van der Waals surface area contributed by atoms with Crippen LogP contribution in [0.4, 0.5) is 20.7 Å². The summed E-state index contributed by atoms with van der Waals surface area (Å²) in [5.74, 6) is 0.312. The van der Waals surface area contributed by atoms with E-state index in [2.05, 4.69) is 20.7 Å². The molecule has 1 atom stereocenters. The number of alkyl carbamates (subject to hydrolysis) is 1. The summed E-state index contributed by atoms with van der Waals surface area (Å²) in [6.07, 6.45) is 2.10. The molecule has 0 radical (unpaired) electrons. The third kappa shape index (κ3) is 6.28. The number of fused-ring (bicyclic) bond motifs is 1. The van der Waals surface area contributed by atoms with Gasteiger partial charge in [-0.25, -0.2) is 18.7 Å². The maximum Gasteiger partial charge on any atom is 0.407 e. The number of hydrogen-bond acceptors (Lipinski definition) is 8. The number of amides is 1. The zero-order chi connectivity index (χ0) is 24.2. The van der Waals surface area contributed by atoms with Gasteiger partial charge in [0.1, 0.15) is 35.8 Å². The fraction of sp³-hybridized carbons (Fsp3) is 0.381. The Labute approximate surface area is 189 Å². The quantitative estimate of drug-likeness (QED) is 0.294. The van der Waals surface area contributed by atoms with Crippen LogP contribution in [0.3, 0.4) is 0 Å². The van der Waals surface area contributed by atoms with Crippen molar-refractivity contribution < 1.29 is 23.6 Å². The molecule has 0 fully saturated rings. The Hall–Kier alpha value is -3.96. The summed E-state index contributed by atoms with van der Waals surface area (Å²) in [6, 6.07) is 5.24. The van der Waals surface area contributed by atoms with Gasteiger partial charge in [0.2, 0.25) is 5.65 Å². The number of nitrogens with zero attached hydrogens (tertiary/aromatic N) is 4. The zero-order valence-electron chi connectivity index (χ0n) is 18.7. The Morgan fingerprint density at radius 1 is 1.33 bits per heavy atom. The lowest BCUT2D eigenvalue weighted by Gasteiger charge is -2.20. The van der Waals surface area contributed by atoms with E-state index in [1.54, 1.807) is 33.8 Å². The Bertz CT molecular complexity index is 1160. The second kappa shape index (κ2) is 9.67. The predicted molar refractivity (Wildman–Crippen MR) is 118 cm³/mol. The Morgan fingerprint density at radius 2 is 2.09 bits per heavy atom. The Kier molecular flexibility index (Phi) is 6.95. The number of benzene rings is 1. The molecule has 0 aliphatic carbocycles. The van der Waals surface area contributed by atoms with Gasteiger partial charge in [-0.05, 0) is 52.0 Å². The zero-order valence-corrected chi connectivity index (χ0v) is 18.7. The molecule has 0 spiro atoms. The van der Waals surface area contributed by atoms with Gasteiger partial charge in [0.15, 0.2) is 0 Å². The molecular weight excluding hydrogens is 435 g/mol. The van der Waals surface area contributed by atoms with Gasteiger partial charge in [0, 0.05) is 11.8 Å². The average Bonchev–Trinajstić information content (AvgIpc) is 3.14. The van der Waals surface area contributed by atoms with Crippen LogP contribution in [-0.4, -0.2) is 44.4 Å². The third-order valence-electron chi connectivity index (χ3n) is 4.38. The van der Waals surface area contributed by atoms with E-state index in [1.807, 2.05) is 0 Å². The molecule has 0 aliphatic heterocycles. The van der Waals surface area contributed by atoms with E-state index in [9.17, 15) is 19.3 Å². The van der Waals surface area contributed by atoms with Crippen LogP contribution in [0.25, 0.3) is 5.65 Å². The molecule has 3 rings (SSSR count). The molecule has 1 amide bonds. The number of halogens is 1. The first-order valence-electron chi connectivity index (χ1n) is 10.2. The van der Waals surface area contributed by atoms with Crippen LogP contribution < -0.4 is 15.4 Å². The van der Waals surface area contributed by atoms with Crippen molar-refractivity contribution in [2.24, 2.45) is 0 Å². The van der Waals surface area contributed by atoms with Gasteiger partial charge in [-0.1, -0.05) is 0 Å². The third-order valence-corrected chi connectivity index (χ3v) is 4.38. The van der Waals surface area contributed by atoms with Gasteiger partial charge in [0.25, 0.3) is 0 Å². The van der Waals surface area contributed by atoms with E-state index in [0.717, 1.165) is 6.20 Å². The fourth-order valence-corrected chi connectivity index (χ4v) is 2.98. The largest absolute Gasteiger partial charge is 0.491 e. The van der Waals surface area contributed by atoms with Gasteiger partial charge >= 0.3 is 11.8 Å². The van der Waals surface area contributed by atoms with Crippen LogP contribution in [0.1, 0.15) is 39.3 Å². The number of aromatic nitrogens is 3. The van der Waals surface area contributed by atoms with Crippen molar-refractivity contribution in [3.8, 4) is 5.75 Å². The lowest BCUT2D eigenvalue weighted by molar-refractivity contribution is -0.383. The molecule has 2 N–H and O–H groups in total. The molecule has 33 heavy (non-hydrogen) atoms. The van der Waals surface area contributed by atoms with Gasteiger partial charge in [-0.15, -0.1) is 0 Å². The van der Waals surface area contributed by atoms with Crippen molar-refractivity contribution >= 4 is 23.2 Å². The lowest BCUT2D eigenvalue weighted by Crippen LogP contribution is -2.34. The van der Waals surface area contributed by atoms with E-state index in [1.165, 1.54) is 28.9 Å². The smallest absolute Gasteiger partial charge is 0.407 e. The minimum absolute atomic E-state index is 0.0844. The van der Waals surface area contributed by atoms with E-state index >= 15 is 0 Å². The van der Waals surface area contributed by atoms with Crippen LogP contribution in [0.5, 0.6) is 5.75 Å². The number of nitro groups is 1. The van der Waals surface area contributed by atoms with Crippen LogP contribution >= 0.6 is 0 Å². The highest BCUT2D eigenvalue weighted by atomic mass is 19.1. The Balaban J connectivity index is 1.68. The SMILES string of the molecule is CC(Nc1ccn2ncc([N+](=O)[O-])c2n1)c1cc(F)ccc1OCCNC(=O)OC(C)(C)C. The molecule has 0 saturated heterocycles. The van der Waals surface area contributed by atoms with Crippen molar-refractivity contribution in [1.82, 2.24) is 19.9 Å². The monoisotopic (exact) mass is 460 g/mol. The summed E-state index contributed by atoms with van der Waals surface area (Å²) in [5, 5.41) is 20.7. The first kappa shape index (κ1) is 23.7. The van der Waals surface area contributed by atoms with Crippen LogP contribution in [0, 0.1) is 15.9 Å². The molecule has 0 bridgehead atoms. The van der Waals surface area contributed by atoms with Crippen molar-refractivity contribution in [2.45, 2.75) is 39.3 Å². The highest BCUT2D eigenvalue weighted by Gasteiger charge is 2.19. The second-order valence-corrected chi connectivity index (χ2v) is 8.19. The predicted octanol–water partition coefficient (Wildman–Crippen LogP) is 3.85. The number of anilines is 1. The highest BCUT2D eigenvalue weighted by molar-refractivity contribution is 5.67. The number of carbonyl (C=O) groups is 1. The van der Waals surface area contributed by atoms with Crippen molar-refractivity contribution in [2.75, 3.05) is 18.5 Å². The fourth-order valence-electron chi connectivity index (χ4n) is 2.98. The summed E-state index contributed by atoms with van der Waals surface area (Å²) < 4.78 is 26.1. The van der Waals surface area contributed by atoms with Crippen molar-refractivity contribution in [3.63, 3.8) is 0 Å². The maximum atomic E-state index is 13.9. The lowest BCUT2D eigenvalue weighted by atomic mass is 10.1. The normalized spacial score (nSPS) is 12.3. The summed E-state index contributed by atoms with van der Waals surface area (Å²) in [5.41, 5.74) is -0.235. The molecular formula is C21H25FN6O5. The molecule has 11 nitrogen and oxygen atoms in total. The van der Waals surface area contributed by atoms with Gasteiger partial charge in [-0.3, -0.25) is 10.1 Å². The van der Waals surface area contributed by atoms with Crippen molar-refractivity contribution in [1.29, 1.82) is 0 Å². The number of rotatable bonds is 8. The van der Waals surface area contributed by atoms with Gasteiger partial charge in [0.05, 0.1) is 17.5 Å². The molecule has 3 aromatic rings. The number of hydrogen-bond donors (Lipinski definition) is 2. The highest BCUT2D eigenvalue weighted by Crippen LogP contribution is 2.29. The number of ether oxygens (including phenoxy) is 2. The van der Waals surface area contributed by atoms with Crippen LogP contribution in [-0.2, 0) is 4.74 Å². The minimum Gasteiger partial charge on any atom is -0.491 e. The number of nitrogens with one attached hydrogen (secondary N) is 2. The topological polar surface area (TPSA) is 133 Å². The summed E-state index contributed by atoms with van der Waals surface area (Å²) in [6.45, 7) is 7.39. The molecule has 176 valence electrons. The first-order chi connectivity index (χ1) is 15.5. The van der Waals surface area contributed by atoms with Gasteiger partial charge < -0.3 is 20.1 Å². The van der Waals surface area contributed by atoms with E-state index in [0.29, 0.717) is 17.1 Å². The van der Waals surface area contributed by atoms with Gasteiger partial charge in [-0.2, -0.15) is 5.10 Å². The first-order valence-corrected chi connectivity index (χ1v) is 10.2.